The molecular formula is C12H15N3O4S. The Bertz CT molecular complexity index is 718. The molecule has 108 valence electrons. The van der Waals surface area contributed by atoms with E-state index < -0.39 is 10.0 Å². The van der Waals surface area contributed by atoms with Crippen LogP contribution in [-0.4, -0.2) is 30.2 Å². The maximum absolute atomic E-state index is 12.2. The van der Waals surface area contributed by atoms with E-state index in [1.165, 1.54) is 31.5 Å². The molecule has 0 aliphatic carbocycles. The van der Waals surface area contributed by atoms with Gasteiger partial charge in [-0.3, -0.25) is 4.72 Å². The summed E-state index contributed by atoms with van der Waals surface area (Å²) in [6.07, 6.45) is 1.40. The van der Waals surface area contributed by atoms with Crippen molar-refractivity contribution < 1.29 is 18.3 Å². The third-order valence-electron chi connectivity index (χ3n) is 2.81. The number of aryl methyl sites for hydroxylation is 2. The van der Waals surface area contributed by atoms with Crippen LogP contribution in [0.5, 0.6) is 11.5 Å². The number of ether oxygens (including phenoxy) is 1. The van der Waals surface area contributed by atoms with E-state index in [1.54, 1.807) is 18.5 Å². The molecule has 2 aromatic rings. The van der Waals surface area contributed by atoms with Crippen LogP contribution in [0.3, 0.4) is 0 Å². The molecule has 20 heavy (non-hydrogen) atoms. The van der Waals surface area contributed by atoms with E-state index >= 15 is 0 Å². The van der Waals surface area contributed by atoms with Gasteiger partial charge in [0.1, 0.15) is 17.3 Å². The summed E-state index contributed by atoms with van der Waals surface area (Å²) in [7, 11) is -0.710. The lowest BCUT2D eigenvalue weighted by atomic mass is 10.3. The molecule has 0 radical (unpaired) electrons. The van der Waals surface area contributed by atoms with Crippen molar-refractivity contribution in [3.05, 3.63) is 30.2 Å². The molecule has 2 rings (SSSR count). The molecule has 0 aliphatic heterocycles. The molecule has 7 nitrogen and oxygen atoms in total. The number of methoxy groups -OCH3 is 1. The zero-order valence-corrected chi connectivity index (χ0v) is 12.1. The summed E-state index contributed by atoms with van der Waals surface area (Å²) >= 11 is 0. The van der Waals surface area contributed by atoms with Gasteiger partial charge in [-0.25, -0.2) is 4.98 Å². The second-order valence-corrected chi connectivity index (χ2v) is 5.86. The van der Waals surface area contributed by atoms with Gasteiger partial charge < -0.3 is 14.4 Å². The first-order chi connectivity index (χ1) is 9.33. The number of hydrogen-bond acceptors (Lipinski definition) is 5. The largest absolute Gasteiger partial charge is 0.506 e. The molecule has 2 N–H and O–H groups in total. The first-order valence-electron chi connectivity index (χ1n) is 5.73. The monoisotopic (exact) mass is 297 g/mol. The highest BCUT2D eigenvalue weighted by Crippen LogP contribution is 2.29. The van der Waals surface area contributed by atoms with E-state index in [4.69, 9.17) is 4.74 Å². The van der Waals surface area contributed by atoms with Crippen LogP contribution in [-0.2, 0) is 17.1 Å². The number of aromatic nitrogens is 2. The van der Waals surface area contributed by atoms with Crippen LogP contribution in [0.4, 0.5) is 5.69 Å². The minimum Gasteiger partial charge on any atom is -0.506 e. The lowest BCUT2D eigenvalue weighted by molar-refractivity contribution is 0.413. The van der Waals surface area contributed by atoms with Gasteiger partial charge in [0.05, 0.1) is 12.8 Å². The van der Waals surface area contributed by atoms with Crippen molar-refractivity contribution in [2.45, 2.75) is 11.9 Å². The van der Waals surface area contributed by atoms with Gasteiger partial charge in [-0.1, -0.05) is 0 Å². The summed E-state index contributed by atoms with van der Waals surface area (Å²) in [6.45, 7) is 1.70. The molecule has 8 heteroatoms. The lowest BCUT2D eigenvalue weighted by Gasteiger charge is -2.09. The topological polar surface area (TPSA) is 93.5 Å². The minimum absolute atomic E-state index is 0.0349. The highest BCUT2D eigenvalue weighted by Gasteiger charge is 2.20. The Labute approximate surface area is 116 Å². The number of aromatic hydroxyl groups is 1. The molecule has 0 bridgehead atoms. The van der Waals surface area contributed by atoms with Crippen LogP contribution in [0, 0.1) is 6.92 Å². The molecule has 1 heterocycles. The Morgan fingerprint density at radius 3 is 2.65 bits per heavy atom. The van der Waals surface area contributed by atoms with Crippen LogP contribution in [0.25, 0.3) is 0 Å². The molecule has 0 atom stereocenters. The fourth-order valence-corrected chi connectivity index (χ4v) is 2.68. The number of rotatable bonds is 4. The average Bonchev–Trinajstić information content (AvgIpc) is 2.73. The highest BCUT2D eigenvalue weighted by atomic mass is 32.2. The van der Waals surface area contributed by atoms with Crippen molar-refractivity contribution in [3.8, 4) is 11.5 Å². The number of nitrogens with one attached hydrogen (secondary N) is 1. The van der Waals surface area contributed by atoms with Gasteiger partial charge in [0, 0.05) is 19.3 Å². The third-order valence-corrected chi connectivity index (χ3v) is 4.05. The fourth-order valence-electron chi connectivity index (χ4n) is 1.58. The summed E-state index contributed by atoms with van der Waals surface area (Å²) in [5.74, 6) is 0.806. The van der Waals surface area contributed by atoms with Gasteiger partial charge in [0.25, 0.3) is 10.0 Å². The van der Waals surface area contributed by atoms with Gasteiger partial charge in [0.15, 0.2) is 5.03 Å². The fraction of sp³-hybridized carbons (Fsp3) is 0.250. The Hall–Kier alpha value is -2.22. The highest BCUT2D eigenvalue weighted by molar-refractivity contribution is 7.92. The maximum atomic E-state index is 12.2. The first-order valence-corrected chi connectivity index (χ1v) is 7.21. The SMILES string of the molecule is COc1ccc(O)c(NS(=O)(=O)c2cn(C)c(C)n2)c1. The number of benzene rings is 1. The number of phenols is 1. The Morgan fingerprint density at radius 1 is 1.40 bits per heavy atom. The second kappa shape index (κ2) is 5.04. The first kappa shape index (κ1) is 14.2. The molecule has 1 aromatic carbocycles. The van der Waals surface area contributed by atoms with E-state index in [2.05, 4.69) is 9.71 Å². The quantitative estimate of drug-likeness (QED) is 0.828. The van der Waals surface area contributed by atoms with Crippen molar-refractivity contribution in [1.82, 2.24) is 9.55 Å². The third kappa shape index (κ3) is 2.69. The van der Waals surface area contributed by atoms with Crippen LogP contribution in [0.1, 0.15) is 5.82 Å². The van der Waals surface area contributed by atoms with Gasteiger partial charge in [0.2, 0.25) is 0 Å². The summed E-state index contributed by atoms with van der Waals surface area (Å²) in [4.78, 5) is 3.95. The molecule has 0 amide bonds. The van der Waals surface area contributed by atoms with Crippen molar-refractivity contribution >= 4 is 15.7 Å². The summed E-state index contributed by atoms with van der Waals surface area (Å²) in [5, 5.41) is 9.58. The van der Waals surface area contributed by atoms with Gasteiger partial charge in [-0.15, -0.1) is 0 Å². The van der Waals surface area contributed by atoms with Gasteiger partial charge >= 0.3 is 0 Å². The van der Waals surface area contributed by atoms with Gasteiger partial charge in [-0.2, -0.15) is 8.42 Å². The molecule has 1 aromatic heterocycles. The van der Waals surface area contributed by atoms with Crippen molar-refractivity contribution in [1.29, 1.82) is 0 Å². The van der Waals surface area contributed by atoms with Crippen molar-refractivity contribution in [2.24, 2.45) is 7.05 Å². The molecule has 0 spiro atoms. The number of nitrogens with zero attached hydrogens (tertiary/aromatic N) is 2. The van der Waals surface area contributed by atoms with E-state index in [0.717, 1.165) is 0 Å². The summed E-state index contributed by atoms with van der Waals surface area (Å²) < 4.78 is 33.2. The Kier molecular flexibility index (Phi) is 3.58. The lowest BCUT2D eigenvalue weighted by Crippen LogP contribution is -2.13. The number of phenolic OH excluding ortho intramolecular Hbond substituents is 1. The Balaban J connectivity index is 2.37. The normalized spacial score (nSPS) is 11.3. The zero-order chi connectivity index (χ0) is 14.9. The van der Waals surface area contributed by atoms with Crippen LogP contribution in [0.15, 0.2) is 29.4 Å². The standard InChI is InChI=1S/C12H15N3O4S/c1-8-13-12(7-15(8)2)20(17,18)14-10-6-9(19-3)4-5-11(10)16/h4-7,14,16H,1-3H3. The summed E-state index contributed by atoms with van der Waals surface area (Å²) in [6, 6.07) is 4.26. The van der Waals surface area contributed by atoms with E-state index in [1.807, 2.05) is 0 Å². The summed E-state index contributed by atoms with van der Waals surface area (Å²) in [5.41, 5.74) is 0.0349. The van der Waals surface area contributed by atoms with E-state index in [0.29, 0.717) is 11.6 Å². The van der Waals surface area contributed by atoms with Crippen LogP contribution >= 0.6 is 0 Å². The number of sulfonamides is 1. The molecule has 0 aliphatic rings. The Morgan fingerprint density at radius 2 is 2.10 bits per heavy atom. The maximum Gasteiger partial charge on any atom is 0.281 e. The van der Waals surface area contributed by atoms with E-state index in [-0.39, 0.29) is 16.5 Å². The van der Waals surface area contributed by atoms with Gasteiger partial charge in [-0.05, 0) is 19.1 Å². The smallest absolute Gasteiger partial charge is 0.281 e. The molecule has 0 saturated carbocycles. The molecular weight excluding hydrogens is 282 g/mol. The predicted molar refractivity (Wildman–Crippen MR) is 73.4 cm³/mol. The van der Waals surface area contributed by atoms with Crippen LogP contribution in [0.2, 0.25) is 0 Å². The number of hydrogen-bond donors (Lipinski definition) is 2. The second-order valence-electron chi connectivity index (χ2n) is 4.23. The predicted octanol–water partition coefficient (Wildman–Crippen LogP) is 1.24. The van der Waals surface area contributed by atoms with Crippen LogP contribution < -0.4 is 9.46 Å². The number of anilines is 1. The average molecular weight is 297 g/mol. The molecule has 0 saturated heterocycles. The van der Waals surface area contributed by atoms with E-state index in [9.17, 15) is 13.5 Å². The molecule has 0 unspecified atom stereocenters. The van der Waals surface area contributed by atoms with Crippen molar-refractivity contribution in [2.75, 3.05) is 11.8 Å². The minimum atomic E-state index is -3.86. The van der Waals surface area contributed by atoms with Crippen molar-refractivity contribution in [3.63, 3.8) is 0 Å². The molecule has 0 fully saturated rings. The number of imidazole rings is 1. The zero-order valence-electron chi connectivity index (χ0n) is 11.3.